The Bertz CT molecular complexity index is 463. The summed E-state index contributed by atoms with van der Waals surface area (Å²) >= 11 is 0. The minimum atomic E-state index is -0.139. The van der Waals surface area contributed by atoms with E-state index >= 15 is 0 Å². The van der Waals surface area contributed by atoms with E-state index in [1.54, 1.807) is 25.5 Å². The highest BCUT2D eigenvalue weighted by Gasteiger charge is 2.15. The van der Waals surface area contributed by atoms with E-state index in [4.69, 9.17) is 8.83 Å². The summed E-state index contributed by atoms with van der Waals surface area (Å²) in [5.74, 6) is 1.22. The van der Waals surface area contributed by atoms with Gasteiger partial charge in [-0.05, 0) is 26.0 Å². The van der Waals surface area contributed by atoms with Crippen molar-refractivity contribution in [2.45, 2.75) is 20.4 Å². The van der Waals surface area contributed by atoms with Gasteiger partial charge in [0.15, 0.2) is 0 Å². The van der Waals surface area contributed by atoms with Gasteiger partial charge in [-0.3, -0.25) is 4.79 Å². The Morgan fingerprint density at radius 1 is 1.38 bits per heavy atom. The number of hydrogen-bond acceptors (Lipinski definition) is 3. The molecule has 16 heavy (non-hydrogen) atoms. The molecule has 84 valence electrons. The number of hydrogen-bond donors (Lipinski definition) is 1. The van der Waals surface area contributed by atoms with Crippen LogP contribution in [0.1, 0.15) is 27.4 Å². The molecule has 0 saturated heterocycles. The molecule has 0 atom stereocenters. The fourth-order valence-electron chi connectivity index (χ4n) is 1.58. The van der Waals surface area contributed by atoms with Crippen molar-refractivity contribution in [3.05, 3.63) is 47.3 Å². The van der Waals surface area contributed by atoms with E-state index in [1.165, 1.54) is 0 Å². The third-order valence-corrected chi connectivity index (χ3v) is 2.39. The zero-order chi connectivity index (χ0) is 11.5. The van der Waals surface area contributed by atoms with Crippen LogP contribution in [-0.2, 0) is 6.54 Å². The first-order valence-corrected chi connectivity index (χ1v) is 5.03. The number of amides is 1. The molecule has 0 fully saturated rings. The Hall–Kier alpha value is -1.97. The molecule has 0 unspecified atom stereocenters. The van der Waals surface area contributed by atoms with Crippen LogP contribution in [0.5, 0.6) is 0 Å². The average Bonchev–Trinajstić information content (AvgIpc) is 2.86. The lowest BCUT2D eigenvalue weighted by molar-refractivity contribution is 0.0946. The van der Waals surface area contributed by atoms with Gasteiger partial charge in [0.1, 0.15) is 11.5 Å². The van der Waals surface area contributed by atoms with Gasteiger partial charge in [0.05, 0.1) is 24.6 Å². The molecular formula is C12H13NO3. The van der Waals surface area contributed by atoms with Crippen molar-refractivity contribution >= 4 is 5.91 Å². The van der Waals surface area contributed by atoms with Crippen molar-refractivity contribution in [1.82, 2.24) is 5.32 Å². The first-order chi connectivity index (χ1) is 7.68. The van der Waals surface area contributed by atoms with Crippen LogP contribution >= 0.6 is 0 Å². The summed E-state index contributed by atoms with van der Waals surface area (Å²) in [7, 11) is 0. The molecule has 0 spiro atoms. The number of furan rings is 2. The topological polar surface area (TPSA) is 55.4 Å². The number of carbonyl (C=O) groups excluding carboxylic acids is 1. The summed E-state index contributed by atoms with van der Waals surface area (Å²) in [5.41, 5.74) is 1.45. The highest BCUT2D eigenvalue weighted by molar-refractivity contribution is 5.96. The van der Waals surface area contributed by atoms with E-state index in [1.807, 2.05) is 13.0 Å². The van der Waals surface area contributed by atoms with E-state index < -0.39 is 0 Å². The molecule has 2 aromatic rings. The van der Waals surface area contributed by atoms with Crippen LogP contribution in [0.15, 0.2) is 33.5 Å². The Morgan fingerprint density at radius 2 is 2.19 bits per heavy atom. The average molecular weight is 219 g/mol. The zero-order valence-corrected chi connectivity index (χ0v) is 9.24. The Balaban J connectivity index is 2.04. The SMILES string of the molecule is Cc1coc(C)c1C(=O)NCc1ccco1. The largest absolute Gasteiger partial charge is 0.469 e. The van der Waals surface area contributed by atoms with Crippen LogP contribution in [0.3, 0.4) is 0 Å². The summed E-state index contributed by atoms with van der Waals surface area (Å²) in [6.07, 6.45) is 3.16. The number of rotatable bonds is 3. The second-order valence-electron chi connectivity index (χ2n) is 3.61. The first-order valence-electron chi connectivity index (χ1n) is 5.03. The van der Waals surface area contributed by atoms with Crippen molar-refractivity contribution in [3.8, 4) is 0 Å². The van der Waals surface area contributed by atoms with E-state index in [0.717, 1.165) is 11.3 Å². The molecule has 0 aromatic carbocycles. The molecule has 4 nitrogen and oxygen atoms in total. The molecule has 0 radical (unpaired) electrons. The molecule has 2 aromatic heterocycles. The molecule has 0 aliphatic heterocycles. The van der Waals surface area contributed by atoms with Crippen LogP contribution in [0.25, 0.3) is 0 Å². The van der Waals surface area contributed by atoms with Crippen molar-refractivity contribution < 1.29 is 13.6 Å². The maximum atomic E-state index is 11.8. The summed E-state index contributed by atoms with van der Waals surface area (Å²) in [6.45, 7) is 4.00. The lowest BCUT2D eigenvalue weighted by Crippen LogP contribution is -2.23. The van der Waals surface area contributed by atoms with E-state index in [9.17, 15) is 4.79 Å². The second-order valence-corrected chi connectivity index (χ2v) is 3.61. The van der Waals surface area contributed by atoms with Gasteiger partial charge in [0.25, 0.3) is 5.91 Å². The van der Waals surface area contributed by atoms with Crippen molar-refractivity contribution in [2.24, 2.45) is 0 Å². The van der Waals surface area contributed by atoms with Gasteiger partial charge in [-0.25, -0.2) is 0 Å². The van der Waals surface area contributed by atoms with Crippen LogP contribution in [-0.4, -0.2) is 5.91 Å². The van der Waals surface area contributed by atoms with E-state index in [2.05, 4.69) is 5.32 Å². The van der Waals surface area contributed by atoms with Crippen molar-refractivity contribution in [1.29, 1.82) is 0 Å². The highest BCUT2D eigenvalue weighted by atomic mass is 16.3. The molecule has 2 rings (SSSR count). The normalized spacial score (nSPS) is 10.4. The minimum Gasteiger partial charge on any atom is -0.469 e. The van der Waals surface area contributed by atoms with Gasteiger partial charge in [0, 0.05) is 5.56 Å². The third-order valence-electron chi connectivity index (χ3n) is 2.39. The quantitative estimate of drug-likeness (QED) is 0.862. The van der Waals surface area contributed by atoms with E-state index in [-0.39, 0.29) is 5.91 Å². The summed E-state index contributed by atoms with van der Waals surface area (Å²) in [4.78, 5) is 11.8. The van der Waals surface area contributed by atoms with Crippen molar-refractivity contribution in [3.63, 3.8) is 0 Å². The molecule has 4 heteroatoms. The molecule has 1 N–H and O–H groups in total. The molecule has 0 saturated carbocycles. The van der Waals surface area contributed by atoms with Gasteiger partial charge in [-0.1, -0.05) is 0 Å². The molecule has 0 aliphatic rings. The second kappa shape index (κ2) is 4.26. The predicted molar refractivity (Wildman–Crippen MR) is 58.1 cm³/mol. The molecular weight excluding hydrogens is 206 g/mol. The van der Waals surface area contributed by atoms with Gasteiger partial charge >= 0.3 is 0 Å². The fourth-order valence-corrected chi connectivity index (χ4v) is 1.58. The standard InChI is InChI=1S/C12H13NO3/c1-8-7-16-9(2)11(8)12(14)13-6-10-4-3-5-15-10/h3-5,7H,6H2,1-2H3,(H,13,14). The Kier molecular flexibility index (Phi) is 2.81. The highest BCUT2D eigenvalue weighted by Crippen LogP contribution is 2.15. The Labute approximate surface area is 93.2 Å². The monoisotopic (exact) mass is 219 g/mol. The number of carbonyl (C=O) groups is 1. The Morgan fingerprint density at radius 3 is 2.75 bits per heavy atom. The lowest BCUT2D eigenvalue weighted by Gasteiger charge is -2.02. The molecule has 2 heterocycles. The first kappa shape index (κ1) is 10.5. The molecule has 0 aliphatic carbocycles. The van der Waals surface area contributed by atoms with Gasteiger partial charge < -0.3 is 14.2 Å². The van der Waals surface area contributed by atoms with Gasteiger partial charge in [0.2, 0.25) is 0 Å². The minimum absolute atomic E-state index is 0.139. The fraction of sp³-hybridized carbons (Fsp3) is 0.250. The molecule has 0 bridgehead atoms. The predicted octanol–water partition coefficient (Wildman–Crippen LogP) is 2.42. The molecule has 1 amide bonds. The van der Waals surface area contributed by atoms with Crippen LogP contribution in [0.4, 0.5) is 0 Å². The lowest BCUT2D eigenvalue weighted by atomic mass is 10.1. The van der Waals surface area contributed by atoms with Crippen LogP contribution in [0, 0.1) is 13.8 Å². The van der Waals surface area contributed by atoms with Gasteiger partial charge in [-0.15, -0.1) is 0 Å². The zero-order valence-electron chi connectivity index (χ0n) is 9.24. The maximum Gasteiger partial charge on any atom is 0.255 e. The van der Waals surface area contributed by atoms with Crippen molar-refractivity contribution in [2.75, 3.05) is 0 Å². The summed E-state index contributed by atoms with van der Waals surface area (Å²) in [6, 6.07) is 3.60. The number of aryl methyl sites for hydroxylation is 2. The van der Waals surface area contributed by atoms with Crippen LogP contribution in [0.2, 0.25) is 0 Å². The number of nitrogens with one attached hydrogen (secondary N) is 1. The van der Waals surface area contributed by atoms with E-state index in [0.29, 0.717) is 17.9 Å². The third kappa shape index (κ3) is 2.00. The maximum absolute atomic E-state index is 11.8. The summed E-state index contributed by atoms with van der Waals surface area (Å²) < 4.78 is 10.3. The van der Waals surface area contributed by atoms with Gasteiger partial charge in [-0.2, -0.15) is 0 Å². The van der Waals surface area contributed by atoms with Crippen LogP contribution < -0.4 is 5.32 Å². The smallest absolute Gasteiger partial charge is 0.255 e. The summed E-state index contributed by atoms with van der Waals surface area (Å²) in [5, 5.41) is 2.78.